The van der Waals surface area contributed by atoms with Gasteiger partial charge in [0.15, 0.2) is 11.5 Å². The molecule has 1 spiro atoms. The van der Waals surface area contributed by atoms with Gasteiger partial charge in [0.05, 0.1) is 11.8 Å². The molecule has 0 amide bonds. The molecule has 0 radical (unpaired) electrons. The molecule has 1 heterocycles. The Bertz CT molecular complexity index is 889. The first-order chi connectivity index (χ1) is 13.6. The van der Waals surface area contributed by atoms with Gasteiger partial charge in [-0.25, -0.2) is 0 Å². The second kappa shape index (κ2) is 6.84. The van der Waals surface area contributed by atoms with Crippen LogP contribution in [0, 0.1) is 0 Å². The van der Waals surface area contributed by atoms with Crippen molar-refractivity contribution in [3.8, 4) is 11.5 Å². The zero-order chi connectivity index (χ0) is 19.1. The number of hydrogen-bond acceptors (Lipinski definition) is 4. The zero-order valence-electron chi connectivity index (χ0n) is 16.6. The molecule has 146 valence electrons. The maximum atomic E-state index is 6.46. The van der Waals surface area contributed by atoms with Gasteiger partial charge in [0.1, 0.15) is 11.7 Å². The lowest BCUT2D eigenvalue weighted by Gasteiger charge is -2.34. The van der Waals surface area contributed by atoms with Crippen LogP contribution in [0.2, 0.25) is 0 Å². The third-order valence-corrected chi connectivity index (χ3v) is 6.05. The number of oxime groups is 1. The van der Waals surface area contributed by atoms with Crippen molar-refractivity contribution in [1.82, 2.24) is 0 Å². The van der Waals surface area contributed by atoms with E-state index in [9.17, 15) is 0 Å². The van der Waals surface area contributed by atoms with Crippen LogP contribution in [0.15, 0.2) is 47.6 Å². The van der Waals surface area contributed by atoms with Crippen LogP contribution in [0.3, 0.4) is 0 Å². The number of ether oxygens (including phenoxy) is 2. The fraction of sp³-hybridized carbons (Fsp3) is 0.458. The van der Waals surface area contributed by atoms with Crippen LogP contribution in [0.25, 0.3) is 0 Å². The van der Waals surface area contributed by atoms with Gasteiger partial charge in [0.2, 0.25) is 0 Å². The molecule has 1 saturated carbocycles. The third-order valence-electron chi connectivity index (χ3n) is 6.05. The van der Waals surface area contributed by atoms with Crippen molar-refractivity contribution in [2.75, 3.05) is 0 Å². The van der Waals surface area contributed by atoms with E-state index < -0.39 is 0 Å². The first-order valence-corrected chi connectivity index (χ1v) is 10.4. The van der Waals surface area contributed by atoms with E-state index in [4.69, 9.17) is 14.3 Å². The Balaban J connectivity index is 1.38. The van der Waals surface area contributed by atoms with Crippen molar-refractivity contribution < 1.29 is 14.3 Å². The largest absolute Gasteiger partial charge is 0.487 e. The smallest absolute Gasteiger partial charge is 0.162 e. The standard InChI is InChI=1S/C24H27NO3/c1-16(2)26-22-9-8-19(21-15-24(28-25-21)10-5-11-24)14-23(22)27-20-12-17-6-3-4-7-18(17)13-20/h3-4,6-9,14,16,20H,5,10-13,15H2,1-2H3. The van der Waals surface area contributed by atoms with Crippen LogP contribution < -0.4 is 9.47 Å². The summed E-state index contributed by atoms with van der Waals surface area (Å²) in [5.74, 6) is 1.61. The summed E-state index contributed by atoms with van der Waals surface area (Å²) in [5, 5.41) is 4.40. The fourth-order valence-corrected chi connectivity index (χ4v) is 4.43. The van der Waals surface area contributed by atoms with Crippen LogP contribution in [-0.4, -0.2) is 23.5 Å². The summed E-state index contributed by atoms with van der Waals surface area (Å²) in [6.45, 7) is 4.08. The third kappa shape index (κ3) is 3.25. The average molecular weight is 377 g/mol. The molecule has 0 aromatic heterocycles. The Labute approximate surface area is 166 Å². The van der Waals surface area contributed by atoms with E-state index >= 15 is 0 Å². The molecule has 2 aliphatic carbocycles. The molecule has 2 aromatic rings. The Morgan fingerprint density at radius 2 is 1.79 bits per heavy atom. The van der Waals surface area contributed by atoms with Crippen LogP contribution in [-0.2, 0) is 17.7 Å². The molecule has 0 unspecified atom stereocenters. The molecule has 0 saturated heterocycles. The van der Waals surface area contributed by atoms with E-state index in [0.717, 1.165) is 54.9 Å². The van der Waals surface area contributed by atoms with Gasteiger partial charge in [0, 0.05) is 24.8 Å². The SMILES string of the molecule is CC(C)Oc1ccc(C2=NOC3(CCC3)C2)cc1OC1Cc2ccccc2C1. The minimum absolute atomic E-state index is 0.0312. The molecule has 4 nitrogen and oxygen atoms in total. The van der Waals surface area contributed by atoms with E-state index in [1.165, 1.54) is 17.5 Å². The molecule has 28 heavy (non-hydrogen) atoms. The van der Waals surface area contributed by atoms with Gasteiger partial charge in [-0.1, -0.05) is 29.4 Å². The summed E-state index contributed by atoms with van der Waals surface area (Å²) in [6.07, 6.45) is 6.47. The first-order valence-electron chi connectivity index (χ1n) is 10.4. The van der Waals surface area contributed by atoms with E-state index in [-0.39, 0.29) is 17.8 Å². The lowest BCUT2D eigenvalue weighted by Crippen LogP contribution is -2.36. The topological polar surface area (TPSA) is 40.0 Å². The predicted octanol–water partition coefficient (Wildman–Crippen LogP) is 5.07. The van der Waals surface area contributed by atoms with Crippen LogP contribution in [0.4, 0.5) is 0 Å². The van der Waals surface area contributed by atoms with Gasteiger partial charge in [0.25, 0.3) is 0 Å². The van der Waals surface area contributed by atoms with Gasteiger partial charge in [-0.2, -0.15) is 0 Å². The molecule has 2 aromatic carbocycles. The highest BCUT2D eigenvalue weighted by Gasteiger charge is 2.45. The summed E-state index contributed by atoms with van der Waals surface area (Å²) in [4.78, 5) is 5.77. The lowest BCUT2D eigenvalue weighted by molar-refractivity contribution is -0.0755. The Morgan fingerprint density at radius 1 is 1.04 bits per heavy atom. The summed E-state index contributed by atoms with van der Waals surface area (Å²) >= 11 is 0. The van der Waals surface area contributed by atoms with E-state index in [1.807, 2.05) is 19.9 Å². The highest BCUT2D eigenvalue weighted by molar-refractivity contribution is 6.02. The maximum Gasteiger partial charge on any atom is 0.162 e. The van der Waals surface area contributed by atoms with Crippen molar-refractivity contribution in [3.63, 3.8) is 0 Å². The van der Waals surface area contributed by atoms with E-state index in [1.54, 1.807) is 0 Å². The van der Waals surface area contributed by atoms with Crippen molar-refractivity contribution in [2.24, 2.45) is 5.16 Å². The molecular weight excluding hydrogens is 350 g/mol. The predicted molar refractivity (Wildman–Crippen MR) is 109 cm³/mol. The van der Waals surface area contributed by atoms with Gasteiger partial charge in [-0.05, 0) is 62.4 Å². The minimum Gasteiger partial charge on any atom is -0.487 e. The van der Waals surface area contributed by atoms with Gasteiger partial charge in [-0.3, -0.25) is 0 Å². The number of hydrogen-bond donors (Lipinski definition) is 0. The van der Waals surface area contributed by atoms with Crippen LogP contribution in [0.5, 0.6) is 11.5 Å². The highest BCUT2D eigenvalue weighted by atomic mass is 16.7. The fourth-order valence-electron chi connectivity index (χ4n) is 4.43. The monoisotopic (exact) mass is 377 g/mol. The highest BCUT2D eigenvalue weighted by Crippen LogP contribution is 2.44. The summed E-state index contributed by atoms with van der Waals surface area (Å²) in [6, 6.07) is 14.8. The molecule has 1 fully saturated rings. The number of benzene rings is 2. The second-order valence-corrected chi connectivity index (χ2v) is 8.59. The zero-order valence-corrected chi connectivity index (χ0v) is 16.6. The number of fused-ring (bicyclic) bond motifs is 1. The van der Waals surface area contributed by atoms with Crippen molar-refractivity contribution in [2.45, 2.75) is 70.2 Å². The van der Waals surface area contributed by atoms with Gasteiger partial charge in [-0.15, -0.1) is 0 Å². The first kappa shape index (κ1) is 17.6. The molecule has 4 heteroatoms. The average Bonchev–Trinajstić information content (AvgIpc) is 3.26. The second-order valence-electron chi connectivity index (χ2n) is 8.59. The molecule has 3 aliphatic rings. The molecule has 5 rings (SSSR count). The van der Waals surface area contributed by atoms with Crippen molar-refractivity contribution in [1.29, 1.82) is 0 Å². The lowest BCUT2D eigenvalue weighted by atomic mass is 9.76. The van der Waals surface area contributed by atoms with Gasteiger partial charge < -0.3 is 14.3 Å². The Morgan fingerprint density at radius 3 is 2.39 bits per heavy atom. The van der Waals surface area contributed by atoms with Gasteiger partial charge >= 0.3 is 0 Å². The molecule has 1 aliphatic heterocycles. The quantitative estimate of drug-likeness (QED) is 0.731. The molecular formula is C24H27NO3. The maximum absolute atomic E-state index is 6.46. The minimum atomic E-state index is -0.0312. The Hall–Kier alpha value is -2.49. The molecule has 0 bridgehead atoms. The Kier molecular flexibility index (Phi) is 4.30. The van der Waals surface area contributed by atoms with Crippen molar-refractivity contribution in [3.05, 3.63) is 59.2 Å². The molecule has 0 atom stereocenters. The van der Waals surface area contributed by atoms with E-state index in [2.05, 4.69) is 41.6 Å². The normalized spacial score (nSPS) is 19.9. The van der Waals surface area contributed by atoms with Crippen molar-refractivity contribution >= 4 is 5.71 Å². The molecule has 0 N–H and O–H groups in total. The summed E-state index contributed by atoms with van der Waals surface area (Å²) in [5.41, 5.74) is 4.84. The number of nitrogens with zero attached hydrogens (tertiary/aromatic N) is 1. The van der Waals surface area contributed by atoms with Crippen LogP contribution in [0.1, 0.15) is 56.2 Å². The van der Waals surface area contributed by atoms with Crippen LogP contribution >= 0.6 is 0 Å². The van der Waals surface area contributed by atoms with E-state index in [0.29, 0.717) is 0 Å². The summed E-state index contributed by atoms with van der Waals surface area (Å²) < 4.78 is 12.5. The summed E-state index contributed by atoms with van der Waals surface area (Å²) in [7, 11) is 0. The number of rotatable bonds is 5.